The zero-order valence-electron chi connectivity index (χ0n) is 15.9. The number of hydrogen-bond donors (Lipinski definition) is 1. The number of piperidine rings is 2. The predicted molar refractivity (Wildman–Crippen MR) is 109 cm³/mol. The maximum absolute atomic E-state index is 12.7. The molecule has 2 aliphatic rings. The number of nitrogens with zero attached hydrogens (tertiary/aromatic N) is 5. The summed E-state index contributed by atoms with van der Waals surface area (Å²) < 4.78 is 1.63. The van der Waals surface area contributed by atoms with Crippen molar-refractivity contribution < 1.29 is 5.11 Å². The van der Waals surface area contributed by atoms with Crippen LogP contribution in [0.3, 0.4) is 0 Å². The Bertz CT molecular complexity index is 848. The molecule has 0 aliphatic carbocycles. The smallest absolute Gasteiger partial charge is 0.269 e. The van der Waals surface area contributed by atoms with Crippen LogP contribution in [0.1, 0.15) is 37.4 Å². The average molecular weight is 404 g/mol. The van der Waals surface area contributed by atoms with Gasteiger partial charge in [0.05, 0.1) is 34.7 Å². The Hall–Kier alpha value is -1.96. The van der Waals surface area contributed by atoms with Crippen molar-refractivity contribution in [3.05, 3.63) is 51.7 Å². The summed E-state index contributed by atoms with van der Waals surface area (Å²) >= 11 is 5.91. The molecule has 7 nitrogen and oxygen atoms in total. The first-order chi connectivity index (χ1) is 13.6. The highest BCUT2D eigenvalue weighted by Gasteiger charge is 2.24. The van der Waals surface area contributed by atoms with E-state index in [1.807, 2.05) is 12.1 Å². The Kier molecular flexibility index (Phi) is 5.94. The van der Waals surface area contributed by atoms with E-state index in [0.29, 0.717) is 5.02 Å². The lowest BCUT2D eigenvalue weighted by Gasteiger charge is -2.33. The number of likely N-dealkylation sites (tertiary alicyclic amines) is 1. The van der Waals surface area contributed by atoms with Crippen LogP contribution in [0.2, 0.25) is 5.02 Å². The van der Waals surface area contributed by atoms with Gasteiger partial charge in [0.1, 0.15) is 0 Å². The van der Waals surface area contributed by atoms with Crippen LogP contribution in [-0.2, 0) is 6.54 Å². The topological polar surface area (TPSA) is 74.5 Å². The van der Waals surface area contributed by atoms with Gasteiger partial charge in [-0.05, 0) is 44.4 Å². The minimum atomic E-state index is -0.229. The van der Waals surface area contributed by atoms with Gasteiger partial charge in [0.25, 0.3) is 5.56 Å². The summed E-state index contributed by atoms with van der Waals surface area (Å²) in [4.78, 5) is 21.6. The molecular formula is C20H26ClN5O2. The highest BCUT2D eigenvalue weighted by Crippen LogP contribution is 2.22. The summed E-state index contributed by atoms with van der Waals surface area (Å²) in [6.45, 7) is 4.04. The molecule has 1 atom stereocenters. The lowest BCUT2D eigenvalue weighted by Crippen LogP contribution is -2.41. The summed E-state index contributed by atoms with van der Waals surface area (Å²) in [7, 11) is 0. The molecule has 2 aromatic heterocycles. The van der Waals surface area contributed by atoms with Gasteiger partial charge in [0.15, 0.2) is 0 Å². The summed E-state index contributed by atoms with van der Waals surface area (Å²) in [6, 6.07) is 5.56. The van der Waals surface area contributed by atoms with Gasteiger partial charge in [-0.3, -0.25) is 14.7 Å². The van der Waals surface area contributed by atoms with E-state index < -0.39 is 0 Å². The molecule has 0 radical (unpaired) electrons. The Labute approximate surface area is 169 Å². The van der Waals surface area contributed by atoms with E-state index in [2.05, 4.69) is 19.9 Å². The third-order valence-corrected chi connectivity index (χ3v) is 5.87. The lowest BCUT2D eigenvalue weighted by atomic mass is 10.1. The lowest BCUT2D eigenvalue weighted by molar-refractivity contribution is 0.145. The second-order valence-electron chi connectivity index (χ2n) is 7.71. The SMILES string of the molecule is O=c1cc(N2CCC(O)CC2)cnn1C1CCCN(Cc2ccc(Cl)cn2)C1. The van der Waals surface area contributed by atoms with Crippen LogP contribution in [0.5, 0.6) is 0 Å². The van der Waals surface area contributed by atoms with E-state index in [9.17, 15) is 9.90 Å². The van der Waals surface area contributed by atoms with E-state index in [0.717, 1.165) is 69.8 Å². The average Bonchev–Trinajstić information content (AvgIpc) is 2.70. The first kappa shape index (κ1) is 19.4. The molecule has 0 aromatic carbocycles. The van der Waals surface area contributed by atoms with E-state index in [-0.39, 0.29) is 17.7 Å². The zero-order chi connectivity index (χ0) is 19.5. The molecule has 4 rings (SSSR count). The highest BCUT2D eigenvalue weighted by molar-refractivity contribution is 6.30. The number of rotatable bonds is 4. The number of anilines is 1. The summed E-state index contributed by atoms with van der Waals surface area (Å²) in [5, 5.41) is 14.8. The molecule has 8 heteroatoms. The van der Waals surface area contributed by atoms with Gasteiger partial charge in [0, 0.05) is 38.4 Å². The molecule has 2 aliphatic heterocycles. The van der Waals surface area contributed by atoms with E-state index in [1.54, 1.807) is 23.1 Å². The van der Waals surface area contributed by atoms with Crippen LogP contribution in [0, 0.1) is 0 Å². The van der Waals surface area contributed by atoms with Crippen LogP contribution in [0.4, 0.5) is 5.69 Å². The van der Waals surface area contributed by atoms with Crippen LogP contribution in [0.25, 0.3) is 0 Å². The van der Waals surface area contributed by atoms with Crippen molar-refractivity contribution in [1.82, 2.24) is 19.7 Å². The van der Waals surface area contributed by atoms with Gasteiger partial charge in [-0.1, -0.05) is 11.6 Å². The van der Waals surface area contributed by atoms with Gasteiger partial charge in [0.2, 0.25) is 0 Å². The Morgan fingerprint density at radius 1 is 1.14 bits per heavy atom. The Morgan fingerprint density at radius 2 is 1.96 bits per heavy atom. The van der Waals surface area contributed by atoms with Gasteiger partial charge in [-0.15, -0.1) is 0 Å². The molecule has 2 saturated heterocycles. The molecule has 1 N–H and O–H groups in total. The number of pyridine rings is 1. The minimum Gasteiger partial charge on any atom is -0.393 e. The van der Waals surface area contributed by atoms with Crippen molar-refractivity contribution in [2.45, 2.75) is 44.4 Å². The molecule has 28 heavy (non-hydrogen) atoms. The van der Waals surface area contributed by atoms with Crippen molar-refractivity contribution >= 4 is 17.3 Å². The third kappa shape index (κ3) is 4.54. The summed E-state index contributed by atoms with van der Waals surface area (Å²) in [6.07, 6.45) is 6.68. The molecule has 0 saturated carbocycles. The van der Waals surface area contributed by atoms with Crippen molar-refractivity contribution in [2.75, 3.05) is 31.1 Å². The number of hydrogen-bond acceptors (Lipinski definition) is 6. The molecule has 1 unspecified atom stereocenters. The molecular weight excluding hydrogens is 378 g/mol. The molecule has 4 heterocycles. The normalized spacial score (nSPS) is 21.8. The van der Waals surface area contributed by atoms with Gasteiger partial charge >= 0.3 is 0 Å². The van der Waals surface area contributed by atoms with Crippen molar-refractivity contribution in [3.63, 3.8) is 0 Å². The second kappa shape index (κ2) is 8.59. The molecule has 0 amide bonds. The van der Waals surface area contributed by atoms with Gasteiger partial charge in [-0.25, -0.2) is 4.68 Å². The number of aliphatic hydroxyl groups excluding tert-OH is 1. The van der Waals surface area contributed by atoms with E-state index in [4.69, 9.17) is 11.6 Å². The predicted octanol–water partition coefficient (Wildman–Crippen LogP) is 2.09. The van der Waals surface area contributed by atoms with Crippen molar-refractivity contribution in [2.24, 2.45) is 0 Å². The van der Waals surface area contributed by atoms with Crippen LogP contribution >= 0.6 is 11.6 Å². The molecule has 0 bridgehead atoms. The maximum atomic E-state index is 12.7. The van der Waals surface area contributed by atoms with Crippen LogP contribution in [0.15, 0.2) is 35.4 Å². The number of halogens is 1. The fourth-order valence-electron chi connectivity index (χ4n) is 4.08. The molecule has 2 fully saturated rings. The van der Waals surface area contributed by atoms with E-state index in [1.165, 1.54) is 0 Å². The first-order valence-corrected chi connectivity index (χ1v) is 10.3. The standard InChI is InChI=1S/C20H26ClN5O2/c21-15-3-4-16(22-11-15)13-24-7-1-2-17(14-24)26-20(28)10-18(12-23-26)25-8-5-19(27)6-9-25/h3-4,10-12,17,19,27H,1-2,5-9,13-14H2. The van der Waals surface area contributed by atoms with Crippen LogP contribution < -0.4 is 10.5 Å². The van der Waals surface area contributed by atoms with Crippen molar-refractivity contribution in [3.8, 4) is 0 Å². The zero-order valence-corrected chi connectivity index (χ0v) is 16.6. The molecule has 150 valence electrons. The Balaban J connectivity index is 1.43. The minimum absolute atomic E-state index is 0.0555. The fraction of sp³-hybridized carbons (Fsp3) is 0.550. The van der Waals surface area contributed by atoms with Crippen LogP contribution in [-0.4, -0.2) is 57.1 Å². The number of aromatic nitrogens is 3. The van der Waals surface area contributed by atoms with Gasteiger partial charge in [-0.2, -0.15) is 5.10 Å². The monoisotopic (exact) mass is 403 g/mol. The molecule has 0 spiro atoms. The second-order valence-corrected chi connectivity index (χ2v) is 8.15. The summed E-state index contributed by atoms with van der Waals surface area (Å²) in [5.74, 6) is 0. The molecule has 2 aromatic rings. The largest absolute Gasteiger partial charge is 0.393 e. The van der Waals surface area contributed by atoms with Gasteiger partial charge < -0.3 is 10.0 Å². The fourth-order valence-corrected chi connectivity index (χ4v) is 4.19. The quantitative estimate of drug-likeness (QED) is 0.842. The Morgan fingerprint density at radius 3 is 2.68 bits per heavy atom. The van der Waals surface area contributed by atoms with Crippen molar-refractivity contribution in [1.29, 1.82) is 0 Å². The third-order valence-electron chi connectivity index (χ3n) is 5.64. The highest BCUT2D eigenvalue weighted by atomic mass is 35.5. The maximum Gasteiger partial charge on any atom is 0.269 e. The van der Waals surface area contributed by atoms with E-state index >= 15 is 0 Å². The summed E-state index contributed by atoms with van der Waals surface area (Å²) in [5.41, 5.74) is 1.78. The first-order valence-electron chi connectivity index (χ1n) is 9.93. The number of aliphatic hydroxyl groups is 1.